The number of aliphatic hydroxyl groups is 1. The Kier molecular flexibility index (Phi) is 6.27. The van der Waals surface area contributed by atoms with Crippen LogP contribution in [-0.4, -0.2) is 46.8 Å². The number of oxime groups is 1. The minimum absolute atomic E-state index is 0.278. The lowest BCUT2D eigenvalue weighted by atomic mass is 10.1. The van der Waals surface area contributed by atoms with Crippen molar-refractivity contribution in [2.24, 2.45) is 10.9 Å². The Bertz CT molecular complexity index is 199. The van der Waals surface area contributed by atoms with Crippen LogP contribution in [0, 0.1) is 0 Å². The van der Waals surface area contributed by atoms with Crippen molar-refractivity contribution >= 4 is 5.84 Å². The molecule has 0 bridgehead atoms. The highest BCUT2D eigenvalue weighted by Gasteiger charge is 2.14. The molecule has 0 heterocycles. The third kappa shape index (κ3) is 9.49. The molecule has 0 radical (unpaired) electrons. The molecule has 0 aliphatic rings. The van der Waals surface area contributed by atoms with Crippen molar-refractivity contribution in [2.75, 3.05) is 20.1 Å². The number of amidine groups is 1. The maximum Gasteiger partial charge on any atom is 0.139 e. The molecule has 0 unspecified atom stereocenters. The van der Waals surface area contributed by atoms with Crippen molar-refractivity contribution in [3.63, 3.8) is 0 Å². The van der Waals surface area contributed by atoms with Gasteiger partial charge in [0.1, 0.15) is 5.84 Å². The molecule has 0 rings (SSSR count). The van der Waals surface area contributed by atoms with Crippen LogP contribution >= 0.6 is 0 Å². The van der Waals surface area contributed by atoms with Gasteiger partial charge in [0.05, 0.1) is 5.60 Å². The fourth-order valence-electron chi connectivity index (χ4n) is 1.48. The van der Waals surface area contributed by atoms with E-state index in [0.29, 0.717) is 13.0 Å². The van der Waals surface area contributed by atoms with E-state index in [0.717, 1.165) is 19.4 Å². The van der Waals surface area contributed by atoms with E-state index in [1.54, 1.807) is 13.8 Å². The van der Waals surface area contributed by atoms with E-state index in [9.17, 15) is 5.11 Å². The summed E-state index contributed by atoms with van der Waals surface area (Å²) in [5.41, 5.74) is 4.69. The van der Waals surface area contributed by atoms with Gasteiger partial charge in [0.25, 0.3) is 0 Å². The van der Waals surface area contributed by atoms with Crippen molar-refractivity contribution < 1.29 is 10.3 Å². The van der Waals surface area contributed by atoms with E-state index >= 15 is 0 Å². The average molecular weight is 217 g/mol. The molecule has 4 N–H and O–H groups in total. The molecule has 0 saturated heterocycles. The number of rotatable bonds is 7. The zero-order chi connectivity index (χ0) is 11.9. The van der Waals surface area contributed by atoms with Gasteiger partial charge < -0.3 is 20.9 Å². The van der Waals surface area contributed by atoms with Crippen molar-refractivity contribution in [1.82, 2.24) is 4.90 Å². The van der Waals surface area contributed by atoms with Crippen LogP contribution < -0.4 is 5.73 Å². The van der Waals surface area contributed by atoms with Crippen LogP contribution in [0.3, 0.4) is 0 Å². The molecule has 0 aliphatic carbocycles. The van der Waals surface area contributed by atoms with Gasteiger partial charge in [-0.15, -0.1) is 0 Å². The fraction of sp³-hybridized carbons (Fsp3) is 0.900. The van der Waals surface area contributed by atoms with Gasteiger partial charge in [-0.05, 0) is 40.3 Å². The van der Waals surface area contributed by atoms with Crippen LogP contribution in [0.4, 0.5) is 0 Å². The Hall–Kier alpha value is -0.810. The summed E-state index contributed by atoms with van der Waals surface area (Å²) in [6.45, 7) is 5.14. The second-order valence-electron chi connectivity index (χ2n) is 4.60. The summed E-state index contributed by atoms with van der Waals surface area (Å²) < 4.78 is 0. The molecule has 15 heavy (non-hydrogen) atoms. The van der Waals surface area contributed by atoms with E-state index in [1.807, 2.05) is 7.05 Å². The van der Waals surface area contributed by atoms with Crippen LogP contribution in [0.1, 0.15) is 33.1 Å². The third-order valence-corrected chi connectivity index (χ3v) is 2.01. The summed E-state index contributed by atoms with van der Waals surface area (Å²) in [6.07, 6.45) is 2.49. The van der Waals surface area contributed by atoms with E-state index < -0.39 is 5.60 Å². The first-order chi connectivity index (χ1) is 6.85. The Morgan fingerprint density at radius 3 is 2.47 bits per heavy atom. The van der Waals surface area contributed by atoms with Crippen molar-refractivity contribution in [3.8, 4) is 0 Å². The van der Waals surface area contributed by atoms with Gasteiger partial charge in [-0.25, -0.2) is 0 Å². The average Bonchev–Trinajstić information content (AvgIpc) is 2.09. The molecule has 0 spiro atoms. The Balaban J connectivity index is 3.52. The lowest BCUT2D eigenvalue weighted by Crippen LogP contribution is -2.36. The highest BCUT2D eigenvalue weighted by atomic mass is 16.4. The number of hydrogen-bond acceptors (Lipinski definition) is 4. The summed E-state index contributed by atoms with van der Waals surface area (Å²) in [5, 5.41) is 20.8. The smallest absolute Gasteiger partial charge is 0.139 e. The molecule has 0 saturated carbocycles. The largest absolute Gasteiger partial charge is 0.409 e. The predicted octanol–water partition coefficient (Wildman–Crippen LogP) is 0.606. The van der Waals surface area contributed by atoms with E-state index in [1.165, 1.54) is 0 Å². The van der Waals surface area contributed by atoms with E-state index in [-0.39, 0.29) is 5.84 Å². The second-order valence-corrected chi connectivity index (χ2v) is 4.60. The highest BCUT2D eigenvalue weighted by Crippen LogP contribution is 2.04. The Labute approximate surface area is 91.6 Å². The normalized spacial score (nSPS) is 13.5. The van der Waals surface area contributed by atoms with Crippen LogP contribution in [0.15, 0.2) is 5.16 Å². The van der Waals surface area contributed by atoms with Crippen molar-refractivity contribution in [1.29, 1.82) is 0 Å². The van der Waals surface area contributed by atoms with Crippen molar-refractivity contribution in [2.45, 2.75) is 38.7 Å². The number of nitrogens with zero attached hydrogens (tertiary/aromatic N) is 2. The maximum atomic E-state index is 9.56. The quantitative estimate of drug-likeness (QED) is 0.192. The van der Waals surface area contributed by atoms with Crippen LogP contribution in [0.2, 0.25) is 0 Å². The van der Waals surface area contributed by atoms with E-state index in [2.05, 4.69) is 10.1 Å². The third-order valence-electron chi connectivity index (χ3n) is 2.01. The molecule has 90 valence electrons. The highest BCUT2D eigenvalue weighted by molar-refractivity contribution is 5.79. The predicted molar refractivity (Wildman–Crippen MR) is 61.1 cm³/mol. The minimum atomic E-state index is -0.652. The van der Waals surface area contributed by atoms with Crippen molar-refractivity contribution in [3.05, 3.63) is 0 Å². The van der Waals surface area contributed by atoms with Gasteiger partial charge in [-0.1, -0.05) is 5.16 Å². The number of likely N-dealkylation sites (N-methyl/N-ethyl adjacent to an activating group) is 1. The van der Waals surface area contributed by atoms with Gasteiger partial charge in [0.2, 0.25) is 0 Å². The topological polar surface area (TPSA) is 82.1 Å². The molecule has 0 aromatic carbocycles. The van der Waals surface area contributed by atoms with Gasteiger partial charge in [-0.2, -0.15) is 0 Å². The maximum absolute atomic E-state index is 9.56. The van der Waals surface area contributed by atoms with Gasteiger partial charge in [0, 0.05) is 13.0 Å². The molecule has 0 aliphatic heterocycles. The molecule has 0 fully saturated rings. The Morgan fingerprint density at radius 2 is 2.00 bits per heavy atom. The SMILES string of the molecule is CN(CCCCC(N)=NO)CC(C)(C)O. The van der Waals surface area contributed by atoms with Crippen LogP contribution in [0.25, 0.3) is 0 Å². The Morgan fingerprint density at radius 1 is 1.40 bits per heavy atom. The summed E-state index contributed by atoms with van der Waals surface area (Å²) in [7, 11) is 1.97. The van der Waals surface area contributed by atoms with E-state index in [4.69, 9.17) is 10.9 Å². The van der Waals surface area contributed by atoms with Gasteiger partial charge in [0.15, 0.2) is 0 Å². The molecular formula is C10H23N3O2. The van der Waals surface area contributed by atoms with Crippen LogP contribution in [0.5, 0.6) is 0 Å². The first kappa shape index (κ1) is 14.2. The molecule has 5 nitrogen and oxygen atoms in total. The fourth-order valence-corrected chi connectivity index (χ4v) is 1.48. The summed E-state index contributed by atoms with van der Waals surface area (Å²) >= 11 is 0. The van der Waals surface area contributed by atoms with Crippen LogP contribution in [-0.2, 0) is 0 Å². The lowest BCUT2D eigenvalue weighted by molar-refractivity contribution is 0.0442. The standard InChI is InChI=1S/C10H23N3O2/c1-10(2,14)8-13(3)7-5-4-6-9(11)12-15/h14-15H,4-8H2,1-3H3,(H2,11,12). The molecule has 0 atom stereocenters. The first-order valence-electron chi connectivity index (χ1n) is 5.22. The molecule has 5 heteroatoms. The zero-order valence-electron chi connectivity index (χ0n) is 9.90. The zero-order valence-corrected chi connectivity index (χ0v) is 9.90. The number of nitrogens with two attached hydrogens (primary N) is 1. The lowest BCUT2D eigenvalue weighted by Gasteiger charge is -2.25. The number of unbranched alkanes of at least 4 members (excludes halogenated alkanes) is 1. The number of hydrogen-bond donors (Lipinski definition) is 3. The molecule has 0 aromatic rings. The first-order valence-corrected chi connectivity index (χ1v) is 5.22. The summed E-state index contributed by atoms with van der Waals surface area (Å²) in [5.74, 6) is 0.278. The summed E-state index contributed by atoms with van der Waals surface area (Å²) in [6, 6.07) is 0. The molecule has 0 aromatic heterocycles. The molecular weight excluding hydrogens is 194 g/mol. The minimum Gasteiger partial charge on any atom is -0.409 e. The monoisotopic (exact) mass is 217 g/mol. The molecule has 0 amide bonds. The van der Waals surface area contributed by atoms with Gasteiger partial charge in [-0.3, -0.25) is 0 Å². The summed E-state index contributed by atoms with van der Waals surface area (Å²) in [4.78, 5) is 2.08. The second kappa shape index (κ2) is 6.63. The van der Waals surface area contributed by atoms with Gasteiger partial charge >= 0.3 is 0 Å².